The van der Waals surface area contributed by atoms with Gasteiger partial charge in [0.15, 0.2) is 5.58 Å². The number of benzene rings is 3. The molecule has 31 heavy (non-hydrogen) atoms. The van der Waals surface area contributed by atoms with Gasteiger partial charge >= 0.3 is 0 Å². The highest BCUT2D eigenvalue weighted by atomic mass is 16.3. The first-order valence-corrected chi connectivity index (χ1v) is 10.6. The van der Waals surface area contributed by atoms with E-state index in [9.17, 15) is 0 Å². The molecular formula is C27H21BN2O. The molecule has 0 atom stereocenters. The second kappa shape index (κ2) is 6.42. The van der Waals surface area contributed by atoms with Gasteiger partial charge in [-0.2, -0.15) is 0 Å². The van der Waals surface area contributed by atoms with E-state index in [-0.39, 0.29) is 5.31 Å². The van der Waals surface area contributed by atoms with Gasteiger partial charge < -0.3 is 4.42 Å². The summed E-state index contributed by atoms with van der Waals surface area (Å²) in [6.45, 7) is 4.48. The van der Waals surface area contributed by atoms with E-state index in [0.717, 1.165) is 49.5 Å². The Labute approximate surface area is 181 Å². The second-order valence-corrected chi connectivity index (χ2v) is 9.18. The van der Waals surface area contributed by atoms with Gasteiger partial charge in [0.05, 0.1) is 5.69 Å². The third-order valence-corrected chi connectivity index (χ3v) is 6.11. The fourth-order valence-corrected chi connectivity index (χ4v) is 4.37. The van der Waals surface area contributed by atoms with Gasteiger partial charge in [-0.1, -0.05) is 62.4 Å². The van der Waals surface area contributed by atoms with Gasteiger partial charge in [-0.15, -0.1) is 0 Å². The highest BCUT2D eigenvalue weighted by Gasteiger charge is 2.16. The zero-order chi connectivity index (χ0) is 21.2. The molecule has 0 saturated carbocycles. The molecule has 0 aliphatic heterocycles. The monoisotopic (exact) mass is 400 g/mol. The summed E-state index contributed by atoms with van der Waals surface area (Å²) in [4.78, 5) is 9.40. The number of furan rings is 1. The summed E-state index contributed by atoms with van der Waals surface area (Å²) in [5.41, 5.74) is 5.92. The lowest BCUT2D eigenvalue weighted by Crippen LogP contribution is -2.16. The summed E-state index contributed by atoms with van der Waals surface area (Å²) < 4.78 is 6.31. The zero-order valence-corrected chi connectivity index (χ0v) is 17.8. The lowest BCUT2D eigenvalue weighted by atomic mass is 9.67. The zero-order valence-electron chi connectivity index (χ0n) is 17.8. The Morgan fingerprint density at radius 2 is 1.65 bits per heavy atom. The van der Waals surface area contributed by atoms with Crippen molar-refractivity contribution < 1.29 is 4.42 Å². The summed E-state index contributed by atoms with van der Waals surface area (Å²) in [7, 11) is 2.24. The van der Waals surface area contributed by atoms with Gasteiger partial charge in [0.1, 0.15) is 18.9 Å². The molecule has 6 aromatic rings. The van der Waals surface area contributed by atoms with Crippen molar-refractivity contribution in [3.05, 3.63) is 84.7 Å². The van der Waals surface area contributed by atoms with Gasteiger partial charge in [-0.05, 0) is 34.5 Å². The average Bonchev–Trinajstić information content (AvgIpc) is 3.16. The Morgan fingerprint density at radius 3 is 2.52 bits per heavy atom. The Hall–Kier alpha value is -3.66. The normalized spacial score (nSPS) is 12.3. The minimum atomic E-state index is 0.112. The third kappa shape index (κ3) is 2.82. The van der Waals surface area contributed by atoms with Gasteiger partial charge in [0.2, 0.25) is 0 Å². The molecular weight excluding hydrogens is 379 g/mol. The maximum absolute atomic E-state index is 6.31. The number of aromatic nitrogens is 2. The maximum atomic E-state index is 6.31. The van der Waals surface area contributed by atoms with Crippen molar-refractivity contribution in [1.29, 1.82) is 0 Å². The molecule has 3 nitrogen and oxygen atoms in total. The van der Waals surface area contributed by atoms with Crippen LogP contribution in [0.5, 0.6) is 0 Å². The predicted molar refractivity (Wildman–Crippen MR) is 131 cm³/mol. The molecule has 3 heterocycles. The molecule has 0 fully saturated rings. The number of pyridine rings is 2. The van der Waals surface area contributed by atoms with Crippen LogP contribution in [-0.2, 0) is 5.31 Å². The van der Waals surface area contributed by atoms with Crippen LogP contribution < -0.4 is 0 Å². The smallest absolute Gasteiger partial charge is 0.161 e. The van der Waals surface area contributed by atoms with Crippen LogP contribution >= 0.6 is 0 Å². The quantitative estimate of drug-likeness (QED) is 0.324. The van der Waals surface area contributed by atoms with Gasteiger partial charge in [-0.3, -0.25) is 9.97 Å². The standard InChI is InChI=1S/C27H21BN2O/c1-27(2,28)19-8-10-20-16(13-19)11-12-29-24(20)17-7-9-22-23(14-17)31-26-21-6-4-3-5-18(21)15-30-25(22)26/h3-15H,28H2,1-2H3. The van der Waals surface area contributed by atoms with Crippen molar-refractivity contribution >= 4 is 51.5 Å². The Kier molecular flexibility index (Phi) is 3.76. The van der Waals surface area contributed by atoms with Crippen LogP contribution in [0.4, 0.5) is 0 Å². The lowest BCUT2D eigenvalue weighted by Gasteiger charge is -2.19. The number of nitrogens with zero attached hydrogens (tertiary/aromatic N) is 2. The molecule has 4 heteroatoms. The second-order valence-electron chi connectivity index (χ2n) is 9.18. The molecule has 6 rings (SSSR count). The van der Waals surface area contributed by atoms with Crippen LogP contribution in [0.1, 0.15) is 19.4 Å². The average molecular weight is 400 g/mol. The van der Waals surface area contributed by atoms with E-state index in [4.69, 9.17) is 9.40 Å². The molecule has 0 unspecified atom stereocenters. The first-order valence-electron chi connectivity index (χ1n) is 10.6. The Bertz CT molecular complexity index is 1630. The van der Waals surface area contributed by atoms with Crippen LogP contribution in [-0.4, -0.2) is 17.8 Å². The van der Waals surface area contributed by atoms with Crippen molar-refractivity contribution in [2.45, 2.75) is 19.2 Å². The largest absolute Gasteiger partial charge is 0.454 e. The number of hydrogen-bond donors (Lipinski definition) is 0. The summed E-state index contributed by atoms with van der Waals surface area (Å²) >= 11 is 0. The molecule has 0 amide bonds. The van der Waals surface area contributed by atoms with Crippen LogP contribution in [0.25, 0.3) is 54.9 Å². The highest BCUT2D eigenvalue weighted by molar-refractivity contribution is 6.16. The molecule has 3 aromatic carbocycles. The first kappa shape index (κ1) is 18.1. The number of fused-ring (bicyclic) bond motifs is 6. The first-order chi connectivity index (χ1) is 15.0. The van der Waals surface area contributed by atoms with Crippen molar-refractivity contribution in [3.63, 3.8) is 0 Å². The van der Waals surface area contributed by atoms with Gasteiger partial charge in [0, 0.05) is 39.5 Å². The third-order valence-electron chi connectivity index (χ3n) is 6.11. The number of rotatable bonds is 2. The van der Waals surface area contributed by atoms with Crippen molar-refractivity contribution in [3.8, 4) is 11.3 Å². The molecule has 0 bridgehead atoms. The molecule has 0 saturated heterocycles. The molecule has 3 aromatic heterocycles. The SMILES string of the molecule is BC(C)(C)c1ccc2c(-c3ccc4c(c3)oc3c5ccccc5cnc43)nccc2c1. The minimum absolute atomic E-state index is 0.112. The summed E-state index contributed by atoms with van der Waals surface area (Å²) in [6, 6.07) is 23.3. The molecule has 0 aliphatic rings. The Morgan fingerprint density at radius 1 is 0.806 bits per heavy atom. The van der Waals surface area contributed by atoms with Crippen molar-refractivity contribution in [2.75, 3.05) is 0 Å². The van der Waals surface area contributed by atoms with Gasteiger partial charge in [-0.25, -0.2) is 0 Å². The minimum Gasteiger partial charge on any atom is -0.454 e. The van der Waals surface area contributed by atoms with Crippen LogP contribution in [0.15, 0.2) is 83.5 Å². The van der Waals surface area contributed by atoms with E-state index < -0.39 is 0 Å². The molecule has 0 radical (unpaired) electrons. The fourth-order valence-electron chi connectivity index (χ4n) is 4.37. The van der Waals surface area contributed by atoms with E-state index in [1.54, 1.807) is 0 Å². The molecule has 0 aliphatic carbocycles. The van der Waals surface area contributed by atoms with E-state index in [1.165, 1.54) is 10.9 Å². The van der Waals surface area contributed by atoms with Crippen LogP contribution in [0, 0.1) is 0 Å². The van der Waals surface area contributed by atoms with Crippen LogP contribution in [0.2, 0.25) is 0 Å². The van der Waals surface area contributed by atoms with Gasteiger partial charge in [0.25, 0.3) is 0 Å². The highest BCUT2D eigenvalue weighted by Crippen LogP contribution is 2.36. The van der Waals surface area contributed by atoms with Crippen molar-refractivity contribution in [2.24, 2.45) is 0 Å². The fraction of sp³-hybridized carbons (Fsp3) is 0.111. The van der Waals surface area contributed by atoms with E-state index >= 15 is 0 Å². The van der Waals surface area contributed by atoms with E-state index in [2.05, 4.69) is 81.3 Å². The van der Waals surface area contributed by atoms with Crippen LogP contribution in [0.3, 0.4) is 0 Å². The van der Waals surface area contributed by atoms with Crippen molar-refractivity contribution in [1.82, 2.24) is 9.97 Å². The molecule has 148 valence electrons. The molecule has 0 N–H and O–H groups in total. The summed E-state index contributed by atoms with van der Waals surface area (Å²) in [5, 5.41) is 5.66. The molecule has 0 spiro atoms. The van der Waals surface area contributed by atoms with E-state index in [1.807, 2.05) is 24.5 Å². The predicted octanol–water partition coefficient (Wildman–Crippen LogP) is 6.22. The lowest BCUT2D eigenvalue weighted by molar-refractivity contribution is 0.672. The van der Waals surface area contributed by atoms with E-state index in [0.29, 0.717) is 0 Å². The topological polar surface area (TPSA) is 38.9 Å². The number of hydrogen-bond acceptors (Lipinski definition) is 3. The summed E-state index contributed by atoms with van der Waals surface area (Å²) in [6.07, 6.45) is 3.81. The maximum Gasteiger partial charge on any atom is 0.161 e. The Balaban J connectivity index is 1.57. The summed E-state index contributed by atoms with van der Waals surface area (Å²) in [5.74, 6) is 0.